The van der Waals surface area contributed by atoms with E-state index in [0.717, 1.165) is 0 Å². The molecule has 0 atom stereocenters. The Bertz CT molecular complexity index is 378. The highest BCUT2D eigenvalue weighted by atomic mass is 16.5. The maximum absolute atomic E-state index is 12.1. The third-order valence-electron chi connectivity index (χ3n) is 3.34. The standard InChI is InChI=1S/C12H18N2O2/c1-14-12(11(16-2)8-13-14)10(15)7-9-5-3-4-6-9/h8-9H,3-7H2,1-2H3. The Kier molecular flexibility index (Phi) is 3.27. The van der Waals surface area contributed by atoms with E-state index in [4.69, 9.17) is 4.74 Å². The molecule has 0 bridgehead atoms. The van der Waals surface area contributed by atoms with E-state index < -0.39 is 0 Å². The van der Waals surface area contributed by atoms with Crippen molar-refractivity contribution in [3.05, 3.63) is 11.9 Å². The average Bonchev–Trinajstić information content (AvgIpc) is 2.87. The lowest BCUT2D eigenvalue weighted by Crippen LogP contribution is -2.11. The van der Waals surface area contributed by atoms with Crippen molar-refractivity contribution in [3.63, 3.8) is 0 Å². The first-order valence-electron chi connectivity index (χ1n) is 5.81. The van der Waals surface area contributed by atoms with Crippen molar-refractivity contribution >= 4 is 5.78 Å². The second-order valence-electron chi connectivity index (χ2n) is 4.46. The third kappa shape index (κ3) is 2.10. The lowest BCUT2D eigenvalue weighted by atomic mass is 9.99. The van der Waals surface area contributed by atoms with E-state index in [1.807, 2.05) is 0 Å². The van der Waals surface area contributed by atoms with Crippen LogP contribution in [0.15, 0.2) is 6.20 Å². The second-order valence-corrected chi connectivity index (χ2v) is 4.46. The van der Waals surface area contributed by atoms with Gasteiger partial charge in [0.1, 0.15) is 5.69 Å². The number of aromatic nitrogens is 2. The molecule has 0 unspecified atom stereocenters. The number of nitrogens with zero attached hydrogens (tertiary/aromatic N) is 2. The highest BCUT2D eigenvalue weighted by Gasteiger charge is 2.23. The fraction of sp³-hybridized carbons (Fsp3) is 0.667. The first-order chi connectivity index (χ1) is 7.72. The summed E-state index contributed by atoms with van der Waals surface area (Å²) in [6, 6.07) is 0. The minimum absolute atomic E-state index is 0.156. The zero-order chi connectivity index (χ0) is 11.5. The van der Waals surface area contributed by atoms with Crippen LogP contribution in [0.2, 0.25) is 0 Å². The Morgan fingerprint density at radius 1 is 1.56 bits per heavy atom. The second kappa shape index (κ2) is 4.68. The summed E-state index contributed by atoms with van der Waals surface area (Å²) in [4.78, 5) is 12.1. The van der Waals surface area contributed by atoms with Crippen molar-refractivity contribution in [1.82, 2.24) is 9.78 Å². The van der Waals surface area contributed by atoms with Gasteiger partial charge in [-0.15, -0.1) is 0 Å². The molecule has 0 saturated heterocycles. The zero-order valence-corrected chi connectivity index (χ0v) is 9.90. The van der Waals surface area contributed by atoms with Gasteiger partial charge in [-0.3, -0.25) is 9.48 Å². The Balaban J connectivity index is 2.10. The third-order valence-corrected chi connectivity index (χ3v) is 3.34. The largest absolute Gasteiger partial charge is 0.493 e. The van der Waals surface area contributed by atoms with Crippen molar-refractivity contribution < 1.29 is 9.53 Å². The van der Waals surface area contributed by atoms with Crippen LogP contribution in [0.1, 0.15) is 42.6 Å². The van der Waals surface area contributed by atoms with Crippen molar-refractivity contribution in [2.24, 2.45) is 13.0 Å². The summed E-state index contributed by atoms with van der Waals surface area (Å²) in [5, 5.41) is 4.05. The number of carbonyl (C=O) groups is 1. The molecular formula is C12H18N2O2. The Hall–Kier alpha value is -1.32. The van der Waals surface area contributed by atoms with Crippen LogP contribution in [-0.4, -0.2) is 22.7 Å². The van der Waals surface area contributed by atoms with Gasteiger partial charge in [0.15, 0.2) is 11.5 Å². The van der Waals surface area contributed by atoms with Gasteiger partial charge in [0.25, 0.3) is 0 Å². The van der Waals surface area contributed by atoms with E-state index in [1.165, 1.54) is 25.7 Å². The monoisotopic (exact) mass is 222 g/mol. The molecule has 1 aliphatic rings. The van der Waals surface area contributed by atoms with Gasteiger partial charge in [0, 0.05) is 13.5 Å². The lowest BCUT2D eigenvalue weighted by molar-refractivity contribution is 0.0949. The fourth-order valence-electron chi connectivity index (χ4n) is 2.46. The topological polar surface area (TPSA) is 44.1 Å². The maximum atomic E-state index is 12.1. The van der Waals surface area contributed by atoms with Crippen molar-refractivity contribution in [3.8, 4) is 5.75 Å². The van der Waals surface area contributed by atoms with Crippen LogP contribution in [0.4, 0.5) is 0 Å². The molecule has 0 aromatic carbocycles. The first-order valence-corrected chi connectivity index (χ1v) is 5.81. The summed E-state index contributed by atoms with van der Waals surface area (Å²) in [5.74, 6) is 1.31. The van der Waals surface area contributed by atoms with E-state index in [-0.39, 0.29) is 5.78 Å². The van der Waals surface area contributed by atoms with Gasteiger partial charge in [-0.05, 0) is 5.92 Å². The van der Waals surface area contributed by atoms with E-state index in [2.05, 4.69) is 5.10 Å². The highest BCUT2D eigenvalue weighted by Crippen LogP contribution is 2.30. The molecule has 0 amide bonds. The van der Waals surface area contributed by atoms with Crippen molar-refractivity contribution in [2.45, 2.75) is 32.1 Å². The van der Waals surface area contributed by atoms with Crippen LogP contribution in [0, 0.1) is 5.92 Å². The molecule has 88 valence electrons. The van der Waals surface area contributed by atoms with Gasteiger partial charge in [-0.2, -0.15) is 5.10 Å². The quantitative estimate of drug-likeness (QED) is 0.733. The van der Waals surface area contributed by atoms with Crippen LogP contribution in [-0.2, 0) is 7.05 Å². The minimum Gasteiger partial charge on any atom is -0.493 e. The molecule has 1 heterocycles. The number of hydrogen-bond acceptors (Lipinski definition) is 3. The van der Waals surface area contributed by atoms with Crippen molar-refractivity contribution in [2.75, 3.05) is 7.11 Å². The molecule has 0 spiro atoms. The van der Waals surface area contributed by atoms with Gasteiger partial charge in [-0.1, -0.05) is 25.7 Å². The molecule has 16 heavy (non-hydrogen) atoms. The molecule has 4 heteroatoms. The zero-order valence-electron chi connectivity index (χ0n) is 9.90. The molecule has 4 nitrogen and oxygen atoms in total. The summed E-state index contributed by atoms with van der Waals surface area (Å²) in [7, 11) is 3.35. The smallest absolute Gasteiger partial charge is 0.184 e. The predicted octanol–water partition coefficient (Wildman–Crippen LogP) is 2.19. The Morgan fingerprint density at radius 2 is 2.25 bits per heavy atom. The SMILES string of the molecule is COc1cnn(C)c1C(=O)CC1CCCC1. The first kappa shape index (κ1) is 11.2. The van der Waals surface area contributed by atoms with Gasteiger partial charge in [0.05, 0.1) is 13.3 Å². The minimum atomic E-state index is 0.156. The molecule has 1 aromatic rings. The number of aryl methyl sites for hydroxylation is 1. The molecule has 1 aromatic heterocycles. The summed E-state index contributed by atoms with van der Waals surface area (Å²) in [5.41, 5.74) is 0.606. The summed E-state index contributed by atoms with van der Waals surface area (Å²) in [6.45, 7) is 0. The number of Topliss-reactive ketones (excluding diaryl/α,β-unsaturated/α-hetero) is 1. The van der Waals surface area contributed by atoms with Crippen LogP contribution in [0.25, 0.3) is 0 Å². The molecule has 0 aliphatic heterocycles. The molecule has 0 N–H and O–H groups in total. The molecule has 1 aliphatic carbocycles. The van der Waals surface area contributed by atoms with Gasteiger partial charge in [0.2, 0.25) is 0 Å². The Morgan fingerprint density at radius 3 is 2.88 bits per heavy atom. The van der Waals surface area contributed by atoms with E-state index >= 15 is 0 Å². The summed E-state index contributed by atoms with van der Waals surface area (Å²) < 4.78 is 6.75. The van der Waals surface area contributed by atoms with Gasteiger partial charge >= 0.3 is 0 Å². The maximum Gasteiger partial charge on any atom is 0.184 e. The molecule has 0 radical (unpaired) electrons. The normalized spacial score (nSPS) is 16.6. The summed E-state index contributed by atoms with van der Waals surface area (Å²) >= 11 is 0. The van der Waals surface area contributed by atoms with Crippen LogP contribution >= 0.6 is 0 Å². The number of ketones is 1. The number of methoxy groups -OCH3 is 1. The van der Waals surface area contributed by atoms with E-state index in [9.17, 15) is 4.79 Å². The number of hydrogen-bond donors (Lipinski definition) is 0. The van der Waals surface area contributed by atoms with Crippen LogP contribution in [0.5, 0.6) is 5.75 Å². The number of ether oxygens (including phenoxy) is 1. The van der Waals surface area contributed by atoms with Gasteiger partial charge in [-0.25, -0.2) is 0 Å². The van der Waals surface area contributed by atoms with Crippen LogP contribution < -0.4 is 4.74 Å². The number of rotatable bonds is 4. The highest BCUT2D eigenvalue weighted by molar-refractivity contribution is 5.97. The number of carbonyl (C=O) groups excluding carboxylic acids is 1. The molecule has 2 rings (SSSR count). The fourth-order valence-corrected chi connectivity index (χ4v) is 2.46. The summed E-state index contributed by atoms with van der Waals surface area (Å²) in [6.07, 6.45) is 7.14. The van der Waals surface area contributed by atoms with Gasteiger partial charge < -0.3 is 4.74 Å². The molecule has 1 fully saturated rings. The van der Waals surface area contributed by atoms with E-state index in [0.29, 0.717) is 23.8 Å². The molecule has 1 saturated carbocycles. The predicted molar refractivity (Wildman–Crippen MR) is 60.7 cm³/mol. The van der Waals surface area contributed by atoms with E-state index in [1.54, 1.807) is 25.0 Å². The van der Waals surface area contributed by atoms with Crippen molar-refractivity contribution in [1.29, 1.82) is 0 Å². The molecular weight excluding hydrogens is 204 g/mol. The average molecular weight is 222 g/mol. The lowest BCUT2D eigenvalue weighted by Gasteiger charge is -2.08. The van der Waals surface area contributed by atoms with Crippen LogP contribution in [0.3, 0.4) is 0 Å². The Labute approximate surface area is 95.6 Å².